The highest BCUT2D eigenvalue weighted by Crippen LogP contribution is 2.43. The van der Waals surface area contributed by atoms with E-state index in [0.29, 0.717) is 5.92 Å². The fraction of sp³-hybridized carbons (Fsp3) is 0.462. The molecule has 0 atom stereocenters. The van der Waals surface area contributed by atoms with Crippen LogP contribution in [-0.4, -0.2) is 23.6 Å². The van der Waals surface area contributed by atoms with Gasteiger partial charge in [-0.15, -0.1) is 11.3 Å². The molecule has 0 bridgehead atoms. The molecule has 0 amide bonds. The van der Waals surface area contributed by atoms with E-state index in [1.54, 1.807) is 7.11 Å². The number of pyridine rings is 1. The van der Waals surface area contributed by atoms with Gasteiger partial charge in [0.15, 0.2) is 0 Å². The zero-order valence-electron chi connectivity index (χ0n) is 18.4. The molecule has 0 spiro atoms. The molecule has 1 aromatic carbocycles. The molecule has 2 saturated carbocycles. The molecule has 1 N–H and O–H groups in total. The zero-order valence-corrected chi connectivity index (χ0v) is 19.3. The average molecular weight is 434 g/mol. The van der Waals surface area contributed by atoms with Crippen LogP contribution in [0.3, 0.4) is 0 Å². The molecule has 2 fully saturated rings. The van der Waals surface area contributed by atoms with E-state index in [1.165, 1.54) is 70.9 Å². The molecule has 5 rings (SSSR count). The van der Waals surface area contributed by atoms with E-state index in [-0.39, 0.29) is 0 Å². The molecular weight excluding hydrogens is 402 g/mol. The Labute approximate surface area is 189 Å². The van der Waals surface area contributed by atoms with Crippen molar-refractivity contribution in [3.63, 3.8) is 0 Å². The molecule has 0 saturated heterocycles. The number of nitrogens with one attached hydrogen (secondary N) is 1. The molecule has 31 heavy (non-hydrogen) atoms. The molecule has 2 aliphatic carbocycles. The van der Waals surface area contributed by atoms with E-state index in [2.05, 4.69) is 52.5 Å². The lowest BCUT2D eigenvalue weighted by molar-refractivity contribution is 0.334. The summed E-state index contributed by atoms with van der Waals surface area (Å²) in [4.78, 5) is 10.6. The number of anilines is 1. The van der Waals surface area contributed by atoms with Crippen LogP contribution in [0, 0.1) is 12.8 Å². The highest BCUT2D eigenvalue weighted by molar-refractivity contribution is 7.15. The molecule has 5 heteroatoms. The number of rotatable bonds is 7. The third-order valence-electron chi connectivity index (χ3n) is 6.76. The zero-order chi connectivity index (χ0) is 21.2. The van der Waals surface area contributed by atoms with Gasteiger partial charge in [-0.3, -0.25) is 4.98 Å². The number of thiazole rings is 1. The maximum atomic E-state index is 5.36. The number of hydrogen-bond acceptors (Lipinski definition) is 5. The maximum absolute atomic E-state index is 5.36. The standard InChI is InChI=1S/C26H31N3OS/c1-17-12-23(28-15-24(17)30-2)19-8-6-18(7-9-19)14-27-22-5-3-4-21(13-22)25-16-29-26(31-25)20-10-11-20/h3-5,12-13,15-16,18-20,27H,6-11,14H2,1-2H3. The van der Waals surface area contributed by atoms with Gasteiger partial charge in [0.1, 0.15) is 5.75 Å². The van der Waals surface area contributed by atoms with Crippen molar-refractivity contribution in [2.75, 3.05) is 19.0 Å². The Morgan fingerprint density at radius 2 is 1.81 bits per heavy atom. The van der Waals surface area contributed by atoms with Gasteiger partial charge in [-0.25, -0.2) is 4.98 Å². The van der Waals surface area contributed by atoms with Gasteiger partial charge in [0.25, 0.3) is 0 Å². The van der Waals surface area contributed by atoms with Crippen molar-refractivity contribution in [1.29, 1.82) is 0 Å². The lowest BCUT2D eigenvalue weighted by Gasteiger charge is -2.29. The first-order valence-electron chi connectivity index (χ1n) is 11.5. The SMILES string of the molecule is COc1cnc(C2CCC(CNc3cccc(-c4cnc(C5CC5)s4)c3)CC2)cc1C. The van der Waals surface area contributed by atoms with Crippen molar-refractivity contribution in [2.45, 2.75) is 57.3 Å². The van der Waals surface area contributed by atoms with E-state index < -0.39 is 0 Å². The second-order valence-corrected chi connectivity index (χ2v) is 10.2. The number of methoxy groups -OCH3 is 1. The number of aryl methyl sites for hydroxylation is 1. The van der Waals surface area contributed by atoms with Crippen LogP contribution in [0.5, 0.6) is 5.75 Å². The van der Waals surface area contributed by atoms with Crippen molar-refractivity contribution in [1.82, 2.24) is 9.97 Å². The smallest absolute Gasteiger partial charge is 0.140 e. The van der Waals surface area contributed by atoms with Gasteiger partial charge < -0.3 is 10.1 Å². The Bertz CT molecular complexity index is 1030. The Hall–Kier alpha value is -2.40. The lowest BCUT2D eigenvalue weighted by atomic mass is 9.80. The topological polar surface area (TPSA) is 47.0 Å². The third kappa shape index (κ3) is 4.77. The molecule has 0 unspecified atom stereocenters. The van der Waals surface area contributed by atoms with Gasteiger partial charge in [0.05, 0.1) is 23.2 Å². The van der Waals surface area contributed by atoms with Gasteiger partial charge in [0, 0.05) is 36.0 Å². The summed E-state index contributed by atoms with van der Waals surface area (Å²) < 4.78 is 5.36. The van der Waals surface area contributed by atoms with Gasteiger partial charge in [-0.2, -0.15) is 0 Å². The second kappa shape index (κ2) is 8.99. The normalized spacial score (nSPS) is 21.1. The predicted octanol–water partition coefficient (Wildman–Crippen LogP) is 6.79. The molecule has 4 nitrogen and oxygen atoms in total. The van der Waals surface area contributed by atoms with Crippen molar-refractivity contribution in [3.8, 4) is 16.2 Å². The number of benzene rings is 1. The molecule has 0 aliphatic heterocycles. The summed E-state index contributed by atoms with van der Waals surface area (Å²) in [6.07, 6.45) is 11.5. The van der Waals surface area contributed by atoms with Gasteiger partial charge in [0.2, 0.25) is 0 Å². The second-order valence-electron chi connectivity index (χ2n) is 9.10. The Morgan fingerprint density at radius 3 is 2.55 bits per heavy atom. The van der Waals surface area contributed by atoms with Crippen LogP contribution in [0.2, 0.25) is 0 Å². The number of aromatic nitrogens is 2. The molecule has 3 aromatic rings. The molecule has 2 aromatic heterocycles. The summed E-state index contributed by atoms with van der Waals surface area (Å²) in [5, 5.41) is 5.01. The highest BCUT2D eigenvalue weighted by Gasteiger charge is 2.27. The summed E-state index contributed by atoms with van der Waals surface area (Å²) in [5.41, 5.74) is 4.90. The fourth-order valence-corrected chi connectivity index (χ4v) is 5.73. The van der Waals surface area contributed by atoms with E-state index in [1.807, 2.05) is 23.7 Å². The number of nitrogens with zero attached hydrogens (tertiary/aromatic N) is 2. The van der Waals surface area contributed by atoms with E-state index >= 15 is 0 Å². The van der Waals surface area contributed by atoms with Gasteiger partial charge >= 0.3 is 0 Å². The van der Waals surface area contributed by atoms with E-state index in [4.69, 9.17) is 4.74 Å². The molecule has 162 valence electrons. The van der Waals surface area contributed by atoms with Crippen LogP contribution in [0.25, 0.3) is 10.4 Å². The van der Waals surface area contributed by atoms with Crippen LogP contribution in [-0.2, 0) is 0 Å². The van der Waals surface area contributed by atoms with Crippen molar-refractivity contribution >= 4 is 17.0 Å². The van der Waals surface area contributed by atoms with Crippen LogP contribution in [0.4, 0.5) is 5.69 Å². The lowest BCUT2D eigenvalue weighted by Crippen LogP contribution is -2.21. The minimum Gasteiger partial charge on any atom is -0.495 e. The Balaban J connectivity index is 1.15. The summed E-state index contributed by atoms with van der Waals surface area (Å²) in [5.74, 6) is 2.92. The third-order valence-corrected chi connectivity index (χ3v) is 7.97. The molecule has 0 radical (unpaired) electrons. The van der Waals surface area contributed by atoms with Crippen molar-refractivity contribution in [2.24, 2.45) is 5.92 Å². The van der Waals surface area contributed by atoms with Crippen molar-refractivity contribution in [3.05, 3.63) is 59.0 Å². The monoisotopic (exact) mass is 433 g/mol. The van der Waals surface area contributed by atoms with Crippen LogP contribution < -0.4 is 10.1 Å². The maximum Gasteiger partial charge on any atom is 0.140 e. The Kier molecular flexibility index (Phi) is 5.95. The highest BCUT2D eigenvalue weighted by atomic mass is 32.1. The fourth-order valence-electron chi connectivity index (χ4n) is 4.65. The largest absolute Gasteiger partial charge is 0.495 e. The summed E-state index contributed by atoms with van der Waals surface area (Å²) in [6.45, 7) is 3.15. The summed E-state index contributed by atoms with van der Waals surface area (Å²) >= 11 is 1.86. The first kappa shape index (κ1) is 20.5. The molecular formula is C26H31N3OS. The number of ether oxygens (including phenoxy) is 1. The quantitative estimate of drug-likeness (QED) is 0.446. The van der Waals surface area contributed by atoms with E-state index in [0.717, 1.165) is 24.1 Å². The molecule has 2 heterocycles. The van der Waals surface area contributed by atoms with Crippen LogP contribution in [0.15, 0.2) is 42.7 Å². The predicted molar refractivity (Wildman–Crippen MR) is 128 cm³/mol. The average Bonchev–Trinajstić information content (AvgIpc) is 3.54. The van der Waals surface area contributed by atoms with E-state index in [9.17, 15) is 0 Å². The van der Waals surface area contributed by atoms with Gasteiger partial charge in [-0.05, 0) is 80.7 Å². The number of hydrogen-bond donors (Lipinski definition) is 1. The van der Waals surface area contributed by atoms with Gasteiger partial charge in [-0.1, -0.05) is 12.1 Å². The summed E-state index contributed by atoms with van der Waals surface area (Å²) in [6, 6.07) is 11.0. The first-order valence-corrected chi connectivity index (χ1v) is 12.3. The summed E-state index contributed by atoms with van der Waals surface area (Å²) in [7, 11) is 1.71. The minimum atomic E-state index is 0.580. The Morgan fingerprint density at radius 1 is 1.00 bits per heavy atom. The minimum absolute atomic E-state index is 0.580. The van der Waals surface area contributed by atoms with Crippen LogP contribution in [0.1, 0.15) is 66.6 Å². The van der Waals surface area contributed by atoms with Crippen LogP contribution >= 0.6 is 11.3 Å². The molecule has 2 aliphatic rings. The first-order chi connectivity index (χ1) is 15.2. The van der Waals surface area contributed by atoms with Crippen molar-refractivity contribution < 1.29 is 4.74 Å².